The lowest BCUT2D eigenvalue weighted by Gasteiger charge is -2.06. The second-order valence-electron chi connectivity index (χ2n) is 5.63. The quantitative estimate of drug-likeness (QED) is 0.743. The molecule has 0 saturated heterocycles. The van der Waals surface area contributed by atoms with Crippen LogP contribution in [0.4, 0.5) is 0 Å². The second-order valence-corrected chi connectivity index (χ2v) is 7.43. The molecule has 0 saturated carbocycles. The van der Waals surface area contributed by atoms with Crippen LogP contribution < -0.4 is 5.32 Å². The van der Waals surface area contributed by atoms with Crippen molar-refractivity contribution in [1.29, 1.82) is 0 Å². The van der Waals surface area contributed by atoms with Gasteiger partial charge >= 0.3 is 0 Å². The number of carbonyl (C=O) groups is 1. The van der Waals surface area contributed by atoms with Gasteiger partial charge in [0.25, 0.3) is 5.91 Å². The summed E-state index contributed by atoms with van der Waals surface area (Å²) in [5.74, 6) is 1.34. The molecule has 0 aliphatic heterocycles. The second kappa shape index (κ2) is 6.83. The summed E-state index contributed by atoms with van der Waals surface area (Å²) in [7, 11) is 0. The fraction of sp³-hybridized carbons (Fsp3) is 0.294. The van der Waals surface area contributed by atoms with E-state index in [0.29, 0.717) is 17.9 Å². The highest BCUT2D eigenvalue weighted by Gasteiger charge is 2.18. The van der Waals surface area contributed by atoms with Crippen LogP contribution in [0.3, 0.4) is 0 Å². The van der Waals surface area contributed by atoms with E-state index < -0.39 is 0 Å². The Labute approximate surface area is 149 Å². The lowest BCUT2D eigenvalue weighted by atomic mass is 10.2. The predicted octanol–water partition coefficient (Wildman–Crippen LogP) is 4.08. The van der Waals surface area contributed by atoms with Crippen LogP contribution >= 0.6 is 22.9 Å². The fourth-order valence-electron chi connectivity index (χ4n) is 2.68. The maximum atomic E-state index is 12.5. The first-order valence-corrected chi connectivity index (χ1v) is 8.80. The molecule has 7 heteroatoms. The topological polar surface area (TPSA) is 60.1 Å². The van der Waals surface area contributed by atoms with Gasteiger partial charge in [-0.1, -0.05) is 16.8 Å². The number of hydrogen-bond donors (Lipinski definition) is 1. The maximum absolute atomic E-state index is 12.5. The molecule has 0 bridgehead atoms. The van der Waals surface area contributed by atoms with Gasteiger partial charge in [0.05, 0.1) is 9.90 Å². The third kappa shape index (κ3) is 3.39. The predicted molar refractivity (Wildman–Crippen MR) is 95.4 cm³/mol. The lowest BCUT2D eigenvalue weighted by molar-refractivity contribution is 0.0953. The van der Waals surface area contributed by atoms with E-state index in [9.17, 15) is 4.79 Å². The van der Waals surface area contributed by atoms with Gasteiger partial charge in [-0.25, -0.2) is 0 Å². The SMILES string of the molecule is Cc1cc(-n2c(C)cc(C(=O)NCCc3ccc(Cl)s3)c2C)no1. The molecule has 0 fully saturated rings. The first-order valence-electron chi connectivity index (χ1n) is 7.60. The number of nitrogens with one attached hydrogen (secondary N) is 1. The minimum atomic E-state index is -0.0859. The fourth-order valence-corrected chi connectivity index (χ4v) is 3.77. The van der Waals surface area contributed by atoms with Crippen LogP contribution in [0.25, 0.3) is 5.82 Å². The van der Waals surface area contributed by atoms with Gasteiger partial charge in [0, 0.05) is 28.9 Å². The summed E-state index contributed by atoms with van der Waals surface area (Å²) in [6, 6.07) is 7.58. The number of hydrogen-bond acceptors (Lipinski definition) is 4. The van der Waals surface area contributed by atoms with E-state index in [-0.39, 0.29) is 5.91 Å². The highest BCUT2D eigenvalue weighted by Crippen LogP contribution is 2.22. The molecule has 0 radical (unpaired) electrons. The summed E-state index contributed by atoms with van der Waals surface area (Å²) in [5.41, 5.74) is 2.44. The van der Waals surface area contributed by atoms with Crippen LogP contribution in [0.15, 0.2) is 28.8 Å². The first kappa shape index (κ1) is 16.8. The summed E-state index contributed by atoms with van der Waals surface area (Å²) < 4.78 is 7.82. The number of nitrogens with zero attached hydrogens (tertiary/aromatic N) is 2. The van der Waals surface area contributed by atoms with Crippen LogP contribution in [0.1, 0.15) is 32.4 Å². The Kier molecular flexibility index (Phi) is 4.78. The third-order valence-electron chi connectivity index (χ3n) is 3.81. The number of amides is 1. The molecule has 0 atom stereocenters. The molecule has 3 heterocycles. The van der Waals surface area contributed by atoms with Gasteiger partial charge in [-0.15, -0.1) is 11.3 Å². The normalized spacial score (nSPS) is 11.0. The van der Waals surface area contributed by atoms with Gasteiger partial charge in [-0.3, -0.25) is 9.36 Å². The zero-order chi connectivity index (χ0) is 17.3. The summed E-state index contributed by atoms with van der Waals surface area (Å²) in [6.45, 7) is 6.27. The van der Waals surface area contributed by atoms with Crippen LogP contribution in [-0.2, 0) is 6.42 Å². The highest BCUT2D eigenvalue weighted by molar-refractivity contribution is 7.16. The molecule has 3 aromatic heterocycles. The molecule has 1 amide bonds. The number of carbonyl (C=O) groups excluding carboxylic acids is 1. The molecule has 3 aromatic rings. The van der Waals surface area contributed by atoms with Crippen molar-refractivity contribution in [3.63, 3.8) is 0 Å². The molecule has 1 N–H and O–H groups in total. The van der Waals surface area contributed by atoms with Crippen molar-refractivity contribution in [2.45, 2.75) is 27.2 Å². The first-order chi connectivity index (χ1) is 11.5. The van der Waals surface area contributed by atoms with Gasteiger partial charge < -0.3 is 9.84 Å². The average Bonchev–Trinajstić information content (AvgIpc) is 3.20. The molecular formula is C17H18ClN3O2S. The Morgan fingerprint density at radius 1 is 1.33 bits per heavy atom. The minimum Gasteiger partial charge on any atom is -0.360 e. The van der Waals surface area contributed by atoms with Gasteiger partial charge in [0.1, 0.15) is 5.76 Å². The van der Waals surface area contributed by atoms with Crippen molar-refractivity contribution in [1.82, 2.24) is 15.0 Å². The molecule has 3 rings (SSSR count). The van der Waals surface area contributed by atoms with Gasteiger partial charge in [0.2, 0.25) is 0 Å². The van der Waals surface area contributed by atoms with Gasteiger partial charge in [-0.05, 0) is 45.4 Å². The maximum Gasteiger partial charge on any atom is 0.253 e. The molecule has 0 spiro atoms. The van der Waals surface area contributed by atoms with Crippen molar-refractivity contribution in [3.8, 4) is 5.82 Å². The molecule has 5 nitrogen and oxygen atoms in total. The highest BCUT2D eigenvalue weighted by atomic mass is 35.5. The Bertz CT molecular complexity index is 878. The van der Waals surface area contributed by atoms with Crippen molar-refractivity contribution in [2.24, 2.45) is 0 Å². The van der Waals surface area contributed by atoms with E-state index in [1.54, 1.807) is 0 Å². The standard InChI is InChI=1S/C17H18ClN3O2S/c1-10-8-14(12(3)21(10)16-9-11(2)23-20-16)17(22)19-7-6-13-4-5-15(18)24-13/h4-5,8-9H,6-7H2,1-3H3,(H,19,22). The zero-order valence-corrected chi connectivity index (χ0v) is 15.3. The van der Waals surface area contributed by atoms with Gasteiger partial charge in [-0.2, -0.15) is 0 Å². The van der Waals surface area contributed by atoms with Gasteiger partial charge in [0.15, 0.2) is 5.82 Å². The minimum absolute atomic E-state index is 0.0859. The zero-order valence-electron chi connectivity index (χ0n) is 13.7. The van der Waals surface area contributed by atoms with Crippen molar-refractivity contribution in [2.75, 3.05) is 6.54 Å². The van der Waals surface area contributed by atoms with E-state index in [1.807, 2.05) is 49.6 Å². The summed E-state index contributed by atoms with van der Waals surface area (Å²) in [6.07, 6.45) is 0.768. The Morgan fingerprint density at radius 2 is 2.12 bits per heavy atom. The smallest absolute Gasteiger partial charge is 0.253 e. The van der Waals surface area contributed by atoms with E-state index in [1.165, 1.54) is 11.3 Å². The average molecular weight is 364 g/mol. The molecule has 126 valence electrons. The van der Waals surface area contributed by atoms with Crippen LogP contribution in [0.2, 0.25) is 4.34 Å². The lowest BCUT2D eigenvalue weighted by Crippen LogP contribution is -2.26. The molecule has 0 unspecified atom stereocenters. The largest absolute Gasteiger partial charge is 0.360 e. The van der Waals surface area contributed by atoms with Crippen molar-refractivity contribution in [3.05, 3.63) is 56.2 Å². The monoisotopic (exact) mass is 363 g/mol. The van der Waals surface area contributed by atoms with E-state index in [4.69, 9.17) is 16.1 Å². The van der Waals surface area contributed by atoms with Crippen LogP contribution in [0.5, 0.6) is 0 Å². The van der Waals surface area contributed by atoms with Crippen molar-refractivity contribution < 1.29 is 9.32 Å². The third-order valence-corrected chi connectivity index (χ3v) is 5.10. The summed E-state index contributed by atoms with van der Waals surface area (Å²) >= 11 is 7.45. The Hall–Kier alpha value is -2.05. The van der Waals surface area contributed by atoms with Crippen LogP contribution in [-0.4, -0.2) is 22.2 Å². The number of halogens is 1. The Balaban J connectivity index is 1.71. The number of rotatable bonds is 5. The molecule has 24 heavy (non-hydrogen) atoms. The molecule has 0 aliphatic carbocycles. The summed E-state index contributed by atoms with van der Waals surface area (Å²) in [4.78, 5) is 13.6. The molecule has 0 aliphatic rings. The molecule has 0 aromatic carbocycles. The number of aromatic nitrogens is 2. The Morgan fingerprint density at radius 3 is 2.75 bits per heavy atom. The van der Waals surface area contributed by atoms with E-state index in [2.05, 4.69) is 10.5 Å². The van der Waals surface area contributed by atoms with Crippen LogP contribution in [0, 0.1) is 20.8 Å². The number of aryl methyl sites for hydroxylation is 2. The van der Waals surface area contributed by atoms with E-state index in [0.717, 1.165) is 32.8 Å². The van der Waals surface area contributed by atoms with E-state index >= 15 is 0 Å². The van der Waals surface area contributed by atoms with Crippen molar-refractivity contribution >= 4 is 28.8 Å². The number of thiophene rings is 1. The molecular weight excluding hydrogens is 346 g/mol. The summed E-state index contributed by atoms with van der Waals surface area (Å²) in [5, 5.41) is 6.99.